The lowest BCUT2D eigenvalue weighted by atomic mass is 9.92. The second kappa shape index (κ2) is 3.95. The summed E-state index contributed by atoms with van der Waals surface area (Å²) in [4.78, 5) is 2.25. The average molecular weight is 186 g/mol. The highest BCUT2D eigenvalue weighted by atomic mass is 16.3. The van der Waals surface area contributed by atoms with Gasteiger partial charge < -0.3 is 10.8 Å². The van der Waals surface area contributed by atoms with Gasteiger partial charge in [0.15, 0.2) is 0 Å². The van der Waals surface area contributed by atoms with Crippen molar-refractivity contribution in [2.45, 2.75) is 38.8 Å². The molecule has 13 heavy (non-hydrogen) atoms. The van der Waals surface area contributed by atoms with Gasteiger partial charge in [0.05, 0.1) is 5.60 Å². The first-order valence-electron chi connectivity index (χ1n) is 5.12. The van der Waals surface area contributed by atoms with Gasteiger partial charge in [-0.2, -0.15) is 0 Å². The third kappa shape index (κ3) is 2.93. The molecule has 0 aromatic carbocycles. The van der Waals surface area contributed by atoms with E-state index in [1.54, 1.807) is 0 Å². The van der Waals surface area contributed by atoms with Crippen molar-refractivity contribution >= 4 is 0 Å². The summed E-state index contributed by atoms with van der Waals surface area (Å²) in [7, 11) is 0. The maximum atomic E-state index is 10.1. The van der Waals surface area contributed by atoms with E-state index in [9.17, 15) is 5.11 Å². The van der Waals surface area contributed by atoms with E-state index in [2.05, 4.69) is 18.7 Å². The van der Waals surface area contributed by atoms with Gasteiger partial charge in [-0.3, -0.25) is 4.90 Å². The first-order valence-corrected chi connectivity index (χ1v) is 5.12. The molecule has 0 radical (unpaired) electrons. The van der Waals surface area contributed by atoms with E-state index in [-0.39, 0.29) is 0 Å². The molecular formula is C10H22N2O. The molecule has 0 spiro atoms. The molecule has 3 nitrogen and oxygen atoms in total. The van der Waals surface area contributed by atoms with Crippen molar-refractivity contribution in [3.05, 3.63) is 0 Å². The van der Waals surface area contributed by atoms with Crippen LogP contribution >= 0.6 is 0 Å². The van der Waals surface area contributed by atoms with Crippen molar-refractivity contribution < 1.29 is 5.11 Å². The van der Waals surface area contributed by atoms with E-state index < -0.39 is 5.60 Å². The molecule has 2 atom stereocenters. The highest BCUT2D eigenvalue weighted by molar-refractivity contribution is 4.86. The maximum Gasteiger partial charge on any atom is 0.0768 e. The van der Waals surface area contributed by atoms with Gasteiger partial charge >= 0.3 is 0 Å². The predicted octanol–water partition coefficient (Wildman–Crippen LogP) is 0.426. The van der Waals surface area contributed by atoms with Crippen LogP contribution in [0.5, 0.6) is 0 Å². The summed E-state index contributed by atoms with van der Waals surface area (Å²) in [6.07, 6.45) is 1.06. The van der Waals surface area contributed by atoms with Crippen LogP contribution in [0.4, 0.5) is 0 Å². The summed E-state index contributed by atoms with van der Waals surface area (Å²) in [6.45, 7) is 8.72. The molecule has 0 aromatic heterocycles. The second-order valence-corrected chi connectivity index (χ2v) is 4.80. The van der Waals surface area contributed by atoms with Gasteiger partial charge in [0, 0.05) is 19.1 Å². The van der Waals surface area contributed by atoms with Crippen LogP contribution in [0, 0.1) is 5.92 Å². The Kier molecular flexibility index (Phi) is 3.33. The molecule has 1 unspecified atom stereocenters. The summed E-state index contributed by atoms with van der Waals surface area (Å²) in [6, 6.07) is 0.308. The fourth-order valence-corrected chi connectivity index (χ4v) is 1.64. The van der Waals surface area contributed by atoms with Crippen LogP contribution in [0.3, 0.4) is 0 Å². The Hall–Kier alpha value is -0.120. The molecule has 1 rings (SSSR count). The van der Waals surface area contributed by atoms with Gasteiger partial charge in [-0.15, -0.1) is 0 Å². The molecule has 1 fully saturated rings. The molecule has 0 aliphatic carbocycles. The number of β-amino-alcohol motifs (C(OH)–C–C–N with tert-alkyl or cyclic N) is 1. The smallest absolute Gasteiger partial charge is 0.0768 e. The monoisotopic (exact) mass is 186 g/mol. The number of likely N-dealkylation sites (tertiary alicyclic amines) is 1. The zero-order valence-corrected chi connectivity index (χ0v) is 8.95. The number of rotatable bonds is 3. The first kappa shape index (κ1) is 11.0. The Labute approximate surface area is 80.9 Å². The normalized spacial score (nSPS) is 29.5. The lowest BCUT2D eigenvalue weighted by Crippen LogP contribution is -2.44. The van der Waals surface area contributed by atoms with Crippen LogP contribution in [0.15, 0.2) is 0 Å². The maximum absolute atomic E-state index is 10.1. The minimum Gasteiger partial charge on any atom is -0.389 e. The Bertz CT molecular complexity index is 168. The number of hydrogen-bond acceptors (Lipinski definition) is 3. The van der Waals surface area contributed by atoms with Crippen LogP contribution < -0.4 is 5.73 Å². The van der Waals surface area contributed by atoms with Crippen LogP contribution in [0.2, 0.25) is 0 Å². The second-order valence-electron chi connectivity index (χ2n) is 4.80. The molecule has 0 saturated carbocycles. The highest BCUT2D eigenvalue weighted by Crippen LogP contribution is 2.19. The Morgan fingerprint density at radius 1 is 1.62 bits per heavy atom. The van der Waals surface area contributed by atoms with Crippen molar-refractivity contribution in [1.29, 1.82) is 0 Å². The Morgan fingerprint density at radius 2 is 2.23 bits per heavy atom. The summed E-state index contributed by atoms with van der Waals surface area (Å²) in [5.74, 6) is 0.296. The molecule has 1 aliphatic heterocycles. The van der Waals surface area contributed by atoms with E-state index in [1.807, 2.05) is 6.92 Å². The van der Waals surface area contributed by atoms with Gasteiger partial charge in [0.1, 0.15) is 0 Å². The molecule has 0 bridgehead atoms. The summed E-state index contributed by atoms with van der Waals surface area (Å²) >= 11 is 0. The van der Waals surface area contributed by atoms with Crippen molar-refractivity contribution in [2.24, 2.45) is 11.7 Å². The molecule has 0 amide bonds. The Morgan fingerprint density at radius 3 is 2.62 bits per heavy atom. The molecule has 0 aromatic rings. The summed E-state index contributed by atoms with van der Waals surface area (Å²) in [5, 5.41) is 10.1. The summed E-state index contributed by atoms with van der Waals surface area (Å²) in [5.41, 5.74) is 5.22. The van der Waals surface area contributed by atoms with Gasteiger partial charge in [-0.25, -0.2) is 0 Å². The number of nitrogens with two attached hydrogens (primary N) is 1. The van der Waals surface area contributed by atoms with Crippen molar-refractivity contribution in [2.75, 3.05) is 19.6 Å². The van der Waals surface area contributed by atoms with E-state index in [1.165, 1.54) is 0 Å². The van der Waals surface area contributed by atoms with E-state index >= 15 is 0 Å². The third-order valence-corrected chi connectivity index (χ3v) is 3.10. The van der Waals surface area contributed by atoms with Crippen LogP contribution in [0.25, 0.3) is 0 Å². The van der Waals surface area contributed by atoms with Crippen molar-refractivity contribution in [3.8, 4) is 0 Å². The lowest BCUT2D eigenvalue weighted by molar-refractivity contribution is -0.0138. The average Bonchev–Trinajstić information content (AvgIpc) is 2.34. The number of aliphatic hydroxyl groups is 1. The topological polar surface area (TPSA) is 49.5 Å². The minimum atomic E-state index is -0.579. The quantitative estimate of drug-likeness (QED) is 0.672. The van der Waals surface area contributed by atoms with Gasteiger partial charge in [0.2, 0.25) is 0 Å². The molecule has 1 aliphatic rings. The molecule has 1 heterocycles. The molecule has 3 heteroatoms. The van der Waals surface area contributed by atoms with Crippen LogP contribution in [0.1, 0.15) is 27.2 Å². The third-order valence-electron chi connectivity index (χ3n) is 3.10. The Balaban J connectivity index is 2.40. The minimum absolute atomic E-state index is 0.296. The zero-order chi connectivity index (χ0) is 10.1. The van der Waals surface area contributed by atoms with E-state index in [0.29, 0.717) is 12.0 Å². The van der Waals surface area contributed by atoms with Crippen LogP contribution in [-0.4, -0.2) is 41.3 Å². The SMILES string of the molecule is CC(C)C(C)(O)CN1CC[C@H](N)C1. The van der Waals surface area contributed by atoms with Crippen LogP contribution in [-0.2, 0) is 0 Å². The number of hydrogen-bond donors (Lipinski definition) is 2. The van der Waals surface area contributed by atoms with Crippen molar-refractivity contribution in [1.82, 2.24) is 4.90 Å². The molecule has 78 valence electrons. The van der Waals surface area contributed by atoms with Gasteiger partial charge in [-0.1, -0.05) is 13.8 Å². The van der Waals surface area contributed by atoms with Gasteiger partial charge in [-0.05, 0) is 25.8 Å². The molecule has 1 saturated heterocycles. The highest BCUT2D eigenvalue weighted by Gasteiger charge is 2.30. The van der Waals surface area contributed by atoms with E-state index in [0.717, 1.165) is 26.1 Å². The molecular weight excluding hydrogens is 164 g/mol. The zero-order valence-electron chi connectivity index (χ0n) is 8.95. The van der Waals surface area contributed by atoms with Gasteiger partial charge in [0.25, 0.3) is 0 Å². The fourth-order valence-electron chi connectivity index (χ4n) is 1.64. The largest absolute Gasteiger partial charge is 0.389 e. The first-order chi connectivity index (χ1) is 5.92. The number of nitrogens with zero attached hydrogens (tertiary/aromatic N) is 1. The predicted molar refractivity (Wildman–Crippen MR) is 54.5 cm³/mol. The fraction of sp³-hybridized carbons (Fsp3) is 1.00. The van der Waals surface area contributed by atoms with Crippen molar-refractivity contribution in [3.63, 3.8) is 0 Å². The molecule has 3 N–H and O–H groups in total. The van der Waals surface area contributed by atoms with E-state index in [4.69, 9.17) is 5.73 Å². The lowest BCUT2D eigenvalue weighted by Gasteiger charge is -2.32. The summed E-state index contributed by atoms with van der Waals surface area (Å²) < 4.78 is 0. The standard InChI is InChI=1S/C10H22N2O/c1-8(2)10(3,13)7-12-5-4-9(11)6-12/h8-9,13H,4-7,11H2,1-3H3/t9-,10?/m0/s1.